The Balaban J connectivity index is 1.54. The lowest BCUT2D eigenvalue weighted by molar-refractivity contribution is -0.172. The Labute approximate surface area is 352 Å². The smallest absolute Gasteiger partial charge is 0.316 e. The van der Waals surface area contributed by atoms with Gasteiger partial charge in [-0.1, -0.05) is 98.8 Å². The summed E-state index contributed by atoms with van der Waals surface area (Å²) < 4.78 is 168. The molecule has 2 atom stereocenters. The van der Waals surface area contributed by atoms with Gasteiger partial charge in [0, 0.05) is 24.0 Å². The van der Waals surface area contributed by atoms with Crippen molar-refractivity contribution in [2.45, 2.75) is 61.4 Å². The van der Waals surface area contributed by atoms with Crippen LogP contribution in [-0.2, 0) is 52.2 Å². The van der Waals surface area contributed by atoms with Crippen molar-refractivity contribution >= 4 is 43.4 Å². The number of hydrogen-bond acceptors (Lipinski definition) is 10. The van der Waals surface area contributed by atoms with E-state index < -0.39 is 89.5 Å². The van der Waals surface area contributed by atoms with E-state index in [9.17, 15) is 61.9 Å². The van der Waals surface area contributed by atoms with Crippen LogP contribution in [-0.4, -0.2) is 50.1 Å². The van der Waals surface area contributed by atoms with E-state index in [0.29, 0.717) is 11.1 Å². The van der Waals surface area contributed by atoms with Gasteiger partial charge in [0.1, 0.15) is 0 Å². The molecule has 0 fully saturated rings. The van der Waals surface area contributed by atoms with Gasteiger partial charge in [0.15, 0.2) is 9.49 Å². The van der Waals surface area contributed by atoms with Gasteiger partial charge in [-0.05, 0) is 57.3 Å². The molecule has 0 radical (unpaired) electrons. The number of nitrogens with one attached hydrogen (secondary N) is 4. The highest BCUT2D eigenvalue weighted by Gasteiger charge is 2.55. The van der Waals surface area contributed by atoms with Crippen LogP contribution in [0.15, 0.2) is 107 Å². The first-order valence-corrected chi connectivity index (χ1v) is 21.1. The predicted octanol–water partition coefficient (Wildman–Crippen LogP) is 8.30. The van der Waals surface area contributed by atoms with E-state index in [1.807, 2.05) is 0 Å². The number of nitrogens with zero attached hydrogens (tertiary/aromatic N) is 2. The second-order valence-electron chi connectivity index (χ2n) is 14.2. The summed E-state index contributed by atoms with van der Waals surface area (Å²) in [6.45, 7) is 3.29. The minimum atomic E-state index is -5.38. The lowest BCUT2D eigenvalue weighted by Crippen LogP contribution is -2.44. The Morgan fingerprint density at radius 3 is 1.31 bits per heavy atom. The van der Waals surface area contributed by atoms with Crippen molar-refractivity contribution in [1.82, 2.24) is 10.6 Å². The van der Waals surface area contributed by atoms with Crippen molar-refractivity contribution < 1.29 is 64.7 Å². The van der Waals surface area contributed by atoms with Gasteiger partial charge in [-0.15, -0.1) is 0 Å². The minimum Gasteiger partial charge on any atom is -0.316 e. The molecule has 62 heavy (non-hydrogen) atoms. The van der Waals surface area contributed by atoms with Crippen molar-refractivity contribution in [2.24, 2.45) is 10.2 Å². The van der Waals surface area contributed by atoms with Crippen LogP contribution in [0.3, 0.4) is 0 Å². The number of hydrogen-bond donors (Lipinski definition) is 6. The van der Waals surface area contributed by atoms with Crippen LogP contribution in [0, 0.1) is 11.0 Å². The molecule has 0 spiro atoms. The van der Waals surface area contributed by atoms with Gasteiger partial charge >= 0.3 is 24.2 Å². The number of rotatable bonds is 11. The zero-order valence-electron chi connectivity index (χ0n) is 34.1. The molecule has 2 aliphatic rings. The molecule has 2 unspecified atom stereocenters. The van der Waals surface area contributed by atoms with Gasteiger partial charge in [-0.25, -0.2) is 11.0 Å². The molecule has 14 nitrogen and oxygen atoms in total. The van der Waals surface area contributed by atoms with Gasteiger partial charge in [0.2, 0.25) is 2.82 Å². The molecule has 4 aromatic carbocycles. The summed E-state index contributed by atoms with van der Waals surface area (Å²) >= 11 is 0. The summed E-state index contributed by atoms with van der Waals surface area (Å²) in [6.07, 6.45) is -12.4. The number of carbonyl (C=O) groups excluding carboxylic acids is 2. The molecule has 326 valence electrons. The zero-order valence-corrected chi connectivity index (χ0v) is 33.8. The highest BCUT2D eigenvalue weighted by atomic mass is 32.2. The van der Waals surface area contributed by atoms with Gasteiger partial charge in [-0.2, -0.15) is 53.4 Å². The molecular formula is C40H34F6N6O8S2. The Bertz CT molecular complexity index is 2750. The Hall–Kier alpha value is -6.10. The Morgan fingerprint density at radius 2 is 1.00 bits per heavy atom. The minimum absolute atomic E-state index is 0.0552. The van der Waals surface area contributed by atoms with E-state index in [-0.39, 0.29) is 57.3 Å². The fraction of sp³-hybridized carbons (Fsp3) is 0.250. The number of halogens is 6. The molecule has 0 heterocycles. The molecular weight excluding hydrogens is 871 g/mol. The molecule has 0 bridgehead atoms. The second kappa shape index (κ2) is 16.0. The van der Waals surface area contributed by atoms with E-state index in [1.165, 1.54) is 72.8 Å². The topological polar surface area (TPSA) is 239 Å². The third kappa shape index (κ3) is 7.49. The molecule has 22 heteroatoms. The van der Waals surface area contributed by atoms with Gasteiger partial charge in [-0.3, -0.25) is 18.7 Å². The van der Waals surface area contributed by atoms with E-state index in [1.54, 1.807) is 36.6 Å². The highest BCUT2D eigenvalue weighted by molar-refractivity contribution is 7.87. The summed E-state index contributed by atoms with van der Waals surface area (Å²) in [6, 6.07) is 19.0. The number of benzene rings is 4. The van der Waals surface area contributed by atoms with Crippen molar-refractivity contribution in [1.29, 1.82) is 11.0 Å². The monoisotopic (exact) mass is 904 g/mol. The standard InChI is InChI=1S/C40H34F6N6O8S2/c1-3-21-17-23(13-15-27(21)37(61(55,56)57)19-31(51-47)33(49-35(53)39(41,42)43)25-9-5-7-11-29(25)37)24-14-16-28(22(4-2)18-24)38(62(58,59)60)20-32(52-48)34(50-36(54)40(44,45)46)26-10-6-8-12-30(26)38/h5-18,47-48H,3-4,19-20H2,1-2H3,(H,49,53)(H,50,54)(H,55,56,57)(H,58,59,60)/b51-47+,52-48+. The van der Waals surface area contributed by atoms with Crippen molar-refractivity contribution in [2.75, 3.05) is 0 Å². The van der Waals surface area contributed by atoms with Gasteiger partial charge < -0.3 is 10.6 Å². The largest absolute Gasteiger partial charge is 0.471 e. The number of fused-ring (bicyclic) bond motifs is 2. The summed E-state index contributed by atoms with van der Waals surface area (Å²) in [5.74, 6) is -4.84. The van der Waals surface area contributed by atoms with Crippen LogP contribution >= 0.6 is 0 Å². The molecule has 6 N–H and O–H groups in total. The van der Waals surface area contributed by atoms with Crippen molar-refractivity contribution in [3.05, 3.63) is 141 Å². The third-order valence-electron chi connectivity index (χ3n) is 11.0. The number of alkyl halides is 6. The van der Waals surface area contributed by atoms with E-state index in [2.05, 4.69) is 21.3 Å². The van der Waals surface area contributed by atoms with Gasteiger partial charge in [0.25, 0.3) is 20.2 Å². The average Bonchev–Trinajstić information content (AvgIpc) is 3.23. The Morgan fingerprint density at radius 1 is 0.645 bits per heavy atom. The third-order valence-corrected chi connectivity index (χ3v) is 13.9. The fourth-order valence-corrected chi connectivity index (χ4v) is 10.7. The normalized spacial score (nSPS) is 20.2. The second-order valence-corrected chi connectivity index (χ2v) is 17.5. The number of amides is 2. The number of allylic oxidation sites excluding steroid dienone is 2. The SMILES string of the molecule is [H]/N=N/C1=C(NC(=O)C(F)(F)F)c2ccccc2C(c2ccc(-c3ccc(C4(S(=O)(=O)O)CC(/N=N/[H])=C(NC(=O)C(F)(F)F)c5ccccc54)c(CC)c3)cc2CC)(S(=O)(=O)O)C1. The summed E-state index contributed by atoms with van der Waals surface area (Å²) in [4.78, 5) is 24.3. The molecule has 2 amide bonds. The first-order chi connectivity index (χ1) is 29.9. The molecule has 6 rings (SSSR count). The molecule has 0 saturated heterocycles. The average molecular weight is 905 g/mol. The Kier molecular flexibility index (Phi) is 11.0. The molecule has 2 aliphatic carbocycles. The quantitative estimate of drug-likeness (QED) is 0.0485. The van der Waals surface area contributed by atoms with Crippen molar-refractivity contribution in [3.8, 4) is 11.1 Å². The first kappa shape index (κ1) is 42.6. The maximum atomic E-state index is 13.8. The fourth-order valence-electron chi connectivity index (χ4n) is 8.21. The number of aryl methyl sites for hydroxylation is 2. The first-order valence-electron chi connectivity index (χ1n) is 19.1. The van der Waals surface area contributed by atoms with Crippen LogP contribution in [0.5, 0.6) is 0 Å². The van der Waals surface area contributed by atoms with Crippen LogP contribution < -0.4 is 10.6 Å². The molecule has 4 aromatic rings. The zero-order chi connectivity index (χ0) is 47.2. The molecule has 0 aliphatic heterocycles. The van der Waals surface area contributed by atoms with E-state index >= 15 is 0 Å². The van der Waals surface area contributed by atoms with Crippen LogP contribution in [0.4, 0.5) is 26.3 Å². The molecule has 0 aromatic heterocycles. The van der Waals surface area contributed by atoms with Crippen molar-refractivity contribution in [3.63, 3.8) is 0 Å². The summed E-state index contributed by atoms with van der Waals surface area (Å²) in [5, 5.41) is 10.5. The van der Waals surface area contributed by atoms with E-state index in [0.717, 1.165) is 0 Å². The van der Waals surface area contributed by atoms with Crippen LogP contribution in [0.1, 0.15) is 71.2 Å². The molecule has 0 saturated carbocycles. The van der Waals surface area contributed by atoms with Gasteiger partial charge in [0.05, 0.1) is 22.8 Å². The number of carbonyl (C=O) groups is 2. The summed E-state index contributed by atoms with van der Waals surface area (Å²) in [7, 11) is -10.6. The maximum Gasteiger partial charge on any atom is 0.471 e. The predicted molar refractivity (Wildman–Crippen MR) is 210 cm³/mol. The maximum absolute atomic E-state index is 13.8. The summed E-state index contributed by atoms with van der Waals surface area (Å²) in [5.41, 5.74) is 3.66. The lowest BCUT2D eigenvalue weighted by atomic mass is 9.75. The van der Waals surface area contributed by atoms with Crippen LogP contribution in [0.25, 0.3) is 22.5 Å². The lowest BCUT2D eigenvalue weighted by Gasteiger charge is -2.39. The van der Waals surface area contributed by atoms with Crippen LogP contribution in [0.2, 0.25) is 2.82 Å². The highest BCUT2D eigenvalue weighted by Crippen LogP contribution is 2.53. The van der Waals surface area contributed by atoms with E-state index in [4.69, 9.17) is 2.82 Å².